The average molecular weight is 206 g/mol. The monoisotopic (exact) mass is 205 g/mol. The fourth-order valence-corrected chi connectivity index (χ4v) is 2.76. The first-order valence-electron chi connectivity index (χ1n) is 2.41. The van der Waals surface area contributed by atoms with Crippen LogP contribution >= 0.6 is 10.7 Å². The minimum Gasteiger partial charge on any atom is -0.771 e. The molecule has 2 atom stereocenters. The van der Waals surface area contributed by atoms with Crippen molar-refractivity contribution in [3.05, 3.63) is 0 Å². The standard InChI is InChI=1S/C3H7ClO4S2/c1-2-3(9(5)6)10(4,7)8/h3H,2H2,1H3,(H,5,6)/p-1. The van der Waals surface area contributed by atoms with Crippen molar-refractivity contribution in [2.75, 3.05) is 0 Å². The van der Waals surface area contributed by atoms with E-state index in [4.69, 9.17) is 10.7 Å². The summed E-state index contributed by atoms with van der Waals surface area (Å²) in [6.45, 7) is 1.43. The zero-order chi connectivity index (χ0) is 8.36. The average Bonchev–Trinajstić information content (AvgIpc) is 1.60. The Balaban J connectivity index is 4.55. The summed E-state index contributed by atoms with van der Waals surface area (Å²) in [5, 5.41) is 0. The lowest BCUT2D eigenvalue weighted by Gasteiger charge is -2.13. The van der Waals surface area contributed by atoms with E-state index in [0.29, 0.717) is 0 Å². The van der Waals surface area contributed by atoms with Gasteiger partial charge in [0.05, 0.1) is 0 Å². The van der Waals surface area contributed by atoms with Gasteiger partial charge in [-0.15, -0.1) is 0 Å². The van der Waals surface area contributed by atoms with Crippen LogP contribution in [0.1, 0.15) is 13.3 Å². The second kappa shape index (κ2) is 3.66. The molecule has 0 amide bonds. The van der Waals surface area contributed by atoms with Crippen LogP contribution < -0.4 is 0 Å². The van der Waals surface area contributed by atoms with E-state index in [9.17, 15) is 17.2 Å². The second-order valence-corrected chi connectivity index (χ2v) is 5.77. The van der Waals surface area contributed by atoms with Crippen molar-refractivity contribution in [2.24, 2.45) is 0 Å². The molecule has 0 saturated heterocycles. The summed E-state index contributed by atoms with van der Waals surface area (Å²) in [4.78, 5) is 0. The van der Waals surface area contributed by atoms with Crippen LogP contribution in [-0.2, 0) is 20.1 Å². The summed E-state index contributed by atoms with van der Waals surface area (Å²) >= 11 is -2.64. The van der Waals surface area contributed by atoms with E-state index in [0.717, 1.165) is 0 Å². The molecule has 0 aliphatic rings. The van der Waals surface area contributed by atoms with Gasteiger partial charge in [0.1, 0.15) is 4.58 Å². The van der Waals surface area contributed by atoms with E-state index in [-0.39, 0.29) is 6.42 Å². The van der Waals surface area contributed by atoms with Crippen LogP contribution in [0.4, 0.5) is 0 Å². The molecule has 0 radical (unpaired) electrons. The highest BCUT2D eigenvalue weighted by atomic mass is 35.7. The maximum atomic E-state index is 10.4. The molecule has 0 heterocycles. The molecule has 0 bridgehead atoms. The summed E-state index contributed by atoms with van der Waals surface area (Å²) in [6.07, 6.45) is -0.0258. The highest BCUT2D eigenvalue weighted by Gasteiger charge is 2.21. The van der Waals surface area contributed by atoms with E-state index in [1.807, 2.05) is 0 Å². The molecule has 0 spiro atoms. The SMILES string of the molecule is CCC(S(=O)[O-])S(=O)(=O)Cl. The van der Waals surface area contributed by atoms with Crippen molar-refractivity contribution in [2.45, 2.75) is 17.9 Å². The highest BCUT2D eigenvalue weighted by molar-refractivity contribution is 8.20. The van der Waals surface area contributed by atoms with Gasteiger partial charge in [0.15, 0.2) is 0 Å². The third kappa shape index (κ3) is 2.96. The van der Waals surface area contributed by atoms with Gasteiger partial charge in [-0.25, -0.2) is 8.42 Å². The molecule has 10 heavy (non-hydrogen) atoms. The lowest BCUT2D eigenvalue weighted by Crippen LogP contribution is -2.20. The Kier molecular flexibility index (Phi) is 3.79. The van der Waals surface area contributed by atoms with E-state index < -0.39 is 24.7 Å². The van der Waals surface area contributed by atoms with Crippen LogP contribution in [0.3, 0.4) is 0 Å². The van der Waals surface area contributed by atoms with E-state index in [2.05, 4.69) is 0 Å². The Hall–Kier alpha value is 0.350. The summed E-state index contributed by atoms with van der Waals surface area (Å²) in [5.41, 5.74) is 0. The fraction of sp³-hybridized carbons (Fsp3) is 1.00. The summed E-state index contributed by atoms with van der Waals surface area (Å²) in [7, 11) is 0.819. The van der Waals surface area contributed by atoms with Gasteiger partial charge in [0.2, 0.25) is 9.05 Å². The maximum Gasteiger partial charge on any atom is 0.246 e. The van der Waals surface area contributed by atoms with Gasteiger partial charge in [-0.2, -0.15) is 0 Å². The molecule has 4 nitrogen and oxygen atoms in total. The molecule has 0 N–H and O–H groups in total. The molecule has 0 rings (SSSR count). The molecule has 0 aromatic rings. The molecular formula is C3H6ClO4S2-. The minimum atomic E-state index is -3.95. The van der Waals surface area contributed by atoms with Crippen molar-refractivity contribution in [3.63, 3.8) is 0 Å². The lowest BCUT2D eigenvalue weighted by molar-refractivity contribution is 0.528. The van der Waals surface area contributed by atoms with Crippen LogP contribution in [0.2, 0.25) is 0 Å². The van der Waals surface area contributed by atoms with Crippen LogP contribution in [0.5, 0.6) is 0 Å². The van der Waals surface area contributed by atoms with Crippen molar-refractivity contribution >= 4 is 30.8 Å². The van der Waals surface area contributed by atoms with Crippen LogP contribution in [0, 0.1) is 0 Å². The summed E-state index contributed by atoms with van der Waals surface area (Å²) in [6, 6.07) is 0. The smallest absolute Gasteiger partial charge is 0.246 e. The van der Waals surface area contributed by atoms with Gasteiger partial charge in [-0.3, -0.25) is 4.21 Å². The molecule has 0 fully saturated rings. The predicted octanol–water partition coefficient (Wildman–Crippen LogP) is 0.170. The fourth-order valence-electron chi connectivity index (χ4n) is 0.429. The quantitative estimate of drug-likeness (QED) is 0.486. The lowest BCUT2D eigenvalue weighted by atomic mass is 10.6. The number of hydrogen-bond acceptors (Lipinski definition) is 4. The van der Waals surface area contributed by atoms with Gasteiger partial charge in [0, 0.05) is 10.7 Å². The molecule has 0 aromatic heterocycles. The highest BCUT2D eigenvalue weighted by Crippen LogP contribution is 2.12. The van der Waals surface area contributed by atoms with Gasteiger partial charge in [-0.05, 0) is 17.5 Å². The number of halogens is 1. The van der Waals surface area contributed by atoms with Gasteiger partial charge < -0.3 is 4.55 Å². The zero-order valence-electron chi connectivity index (χ0n) is 5.11. The number of hydrogen-bond donors (Lipinski definition) is 0. The molecule has 2 unspecified atom stereocenters. The van der Waals surface area contributed by atoms with Crippen molar-refractivity contribution in [1.82, 2.24) is 0 Å². The molecule has 62 valence electrons. The summed E-state index contributed by atoms with van der Waals surface area (Å²) < 4.78 is 39.5. The van der Waals surface area contributed by atoms with Gasteiger partial charge >= 0.3 is 0 Å². The minimum absolute atomic E-state index is 0.0258. The first-order valence-corrected chi connectivity index (χ1v) is 5.92. The molecule has 0 aliphatic heterocycles. The van der Waals surface area contributed by atoms with Crippen molar-refractivity contribution in [3.8, 4) is 0 Å². The molecule has 7 heteroatoms. The molecular weight excluding hydrogens is 200 g/mol. The Labute approximate surface area is 66.3 Å². The van der Waals surface area contributed by atoms with Gasteiger partial charge in [0.25, 0.3) is 0 Å². The first-order chi connectivity index (χ1) is 4.39. The molecule has 0 aromatic carbocycles. The third-order valence-electron chi connectivity index (χ3n) is 0.862. The zero-order valence-corrected chi connectivity index (χ0v) is 7.50. The topological polar surface area (TPSA) is 74.3 Å². The Morgan fingerprint density at radius 2 is 2.10 bits per heavy atom. The predicted molar refractivity (Wildman–Crippen MR) is 37.8 cm³/mol. The summed E-state index contributed by atoms with van der Waals surface area (Å²) in [5.74, 6) is 0. The van der Waals surface area contributed by atoms with Crippen molar-refractivity contribution < 1.29 is 17.2 Å². The van der Waals surface area contributed by atoms with Crippen LogP contribution in [-0.4, -0.2) is 21.8 Å². The van der Waals surface area contributed by atoms with E-state index in [1.54, 1.807) is 0 Å². The van der Waals surface area contributed by atoms with E-state index in [1.165, 1.54) is 6.92 Å². The normalized spacial score (nSPS) is 18.3. The Morgan fingerprint density at radius 3 is 2.10 bits per heavy atom. The van der Waals surface area contributed by atoms with Crippen LogP contribution in [0.25, 0.3) is 0 Å². The first kappa shape index (κ1) is 10.3. The number of rotatable bonds is 3. The van der Waals surface area contributed by atoms with E-state index >= 15 is 0 Å². The van der Waals surface area contributed by atoms with Crippen molar-refractivity contribution in [1.29, 1.82) is 0 Å². The van der Waals surface area contributed by atoms with Crippen LogP contribution in [0.15, 0.2) is 0 Å². The molecule has 0 saturated carbocycles. The Morgan fingerprint density at radius 1 is 1.70 bits per heavy atom. The second-order valence-electron chi connectivity index (χ2n) is 1.57. The van der Waals surface area contributed by atoms with Gasteiger partial charge in [-0.1, -0.05) is 6.92 Å². The maximum absolute atomic E-state index is 10.4. The Bertz CT molecular complexity index is 221. The third-order valence-corrected chi connectivity index (χ3v) is 4.78. The molecule has 0 aliphatic carbocycles. The largest absolute Gasteiger partial charge is 0.771 e.